The van der Waals surface area contributed by atoms with Crippen molar-refractivity contribution >= 4 is 17.3 Å². The van der Waals surface area contributed by atoms with Gasteiger partial charge in [-0.3, -0.25) is 9.69 Å². The number of aromatic nitrogens is 1. The van der Waals surface area contributed by atoms with Gasteiger partial charge in [0.05, 0.1) is 23.7 Å². The van der Waals surface area contributed by atoms with E-state index in [1.807, 2.05) is 29.3 Å². The summed E-state index contributed by atoms with van der Waals surface area (Å²) in [6.45, 7) is 5.99. The molecule has 0 radical (unpaired) electrons. The maximum absolute atomic E-state index is 11.6. The first kappa shape index (κ1) is 15.7. The van der Waals surface area contributed by atoms with Crippen LogP contribution in [0.5, 0.6) is 0 Å². The number of nitrogens with zero attached hydrogens (tertiary/aromatic N) is 2. The van der Waals surface area contributed by atoms with Crippen LogP contribution in [0, 0.1) is 0 Å². The fourth-order valence-corrected chi connectivity index (χ4v) is 2.70. The highest BCUT2D eigenvalue weighted by Gasteiger charge is 2.14. The Balaban J connectivity index is 1.98. The van der Waals surface area contributed by atoms with Crippen LogP contribution in [0.3, 0.4) is 0 Å². The van der Waals surface area contributed by atoms with Crippen molar-refractivity contribution in [2.24, 2.45) is 0 Å². The number of carbonyl (C=O) groups excluding carboxylic acids is 1. The zero-order chi connectivity index (χ0) is 15.1. The predicted molar refractivity (Wildman–Crippen MR) is 82.0 cm³/mol. The number of thiophene rings is 1. The molecule has 0 aromatic carbocycles. The molecule has 0 N–H and O–H groups in total. The summed E-state index contributed by atoms with van der Waals surface area (Å²) in [7, 11) is 0. The molecule has 0 unspecified atom stereocenters. The molecule has 2 rings (SSSR count). The van der Waals surface area contributed by atoms with Crippen molar-refractivity contribution in [2.45, 2.75) is 26.8 Å². The van der Waals surface area contributed by atoms with Crippen LogP contribution < -0.4 is 0 Å². The fraction of sp³-hybridized carbons (Fsp3) is 0.467. The SMILES string of the molecule is CCCN(CC(=O)OCC)Cc1coc(-c2cccs2)n1. The van der Waals surface area contributed by atoms with Crippen LogP contribution >= 0.6 is 11.3 Å². The topological polar surface area (TPSA) is 55.6 Å². The van der Waals surface area contributed by atoms with E-state index in [0.29, 0.717) is 19.0 Å². The number of esters is 1. The van der Waals surface area contributed by atoms with Crippen molar-refractivity contribution in [3.8, 4) is 10.8 Å². The van der Waals surface area contributed by atoms with Gasteiger partial charge in [-0.15, -0.1) is 11.3 Å². The van der Waals surface area contributed by atoms with Crippen LogP contribution in [0.25, 0.3) is 10.8 Å². The Hall–Kier alpha value is -1.66. The number of ether oxygens (including phenoxy) is 1. The second-order valence-electron chi connectivity index (χ2n) is 4.64. The van der Waals surface area contributed by atoms with Crippen molar-refractivity contribution in [3.63, 3.8) is 0 Å². The monoisotopic (exact) mass is 308 g/mol. The zero-order valence-electron chi connectivity index (χ0n) is 12.4. The fourth-order valence-electron chi connectivity index (χ4n) is 2.04. The third-order valence-electron chi connectivity index (χ3n) is 2.87. The van der Waals surface area contributed by atoms with Gasteiger partial charge in [-0.2, -0.15) is 0 Å². The summed E-state index contributed by atoms with van der Waals surface area (Å²) in [6, 6.07) is 3.94. The van der Waals surface area contributed by atoms with Gasteiger partial charge in [0.25, 0.3) is 0 Å². The largest absolute Gasteiger partial charge is 0.465 e. The molecule has 114 valence electrons. The third-order valence-corrected chi connectivity index (χ3v) is 3.73. The Morgan fingerprint density at radius 3 is 3.00 bits per heavy atom. The van der Waals surface area contributed by atoms with Crippen molar-refractivity contribution < 1.29 is 13.9 Å². The van der Waals surface area contributed by atoms with Gasteiger partial charge in [0.1, 0.15) is 6.26 Å². The lowest BCUT2D eigenvalue weighted by Gasteiger charge is -2.18. The van der Waals surface area contributed by atoms with Crippen LogP contribution in [-0.2, 0) is 16.1 Å². The molecule has 0 aliphatic heterocycles. The minimum absolute atomic E-state index is 0.201. The second-order valence-corrected chi connectivity index (χ2v) is 5.58. The van der Waals surface area contributed by atoms with Crippen molar-refractivity contribution in [1.82, 2.24) is 9.88 Å². The van der Waals surface area contributed by atoms with Gasteiger partial charge >= 0.3 is 5.97 Å². The van der Waals surface area contributed by atoms with E-state index >= 15 is 0 Å². The molecular formula is C15H20N2O3S. The first-order chi connectivity index (χ1) is 10.2. The van der Waals surface area contributed by atoms with Gasteiger partial charge in [0.2, 0.25) is 5.89 Å². The number of carbonyl (C=O) groups is 1. The first-order valence-electron chi connectivity index (χ1n) is 7.09. The lowest BCUT2D eigenvalue weighted by molar-refractivity contribution is -0.144. The van der Waals surface area contributed by atoms with Crippen LogP contribution in [0.2, 0.25) is 0 Å². The molecule has 6 heteroatoms. The first-order valence-corrected chi connectivity index (χ1v) is 7.97. The summed E-state index contributed by atoms with van der Waals surface area (Å²) in [5.41, 5.74) is 0.830. The number of rotatable bonds is 8. The van der Waals surface area contributed by atoms with E-state index in [9.17, 15) is 4.79 Å². The van der Waals surface area contributed by atoms with Crippen LogP contribution in [0.1, 0.15) is 26.0 Å². The van der Waals surface area contributed by atoms with E-state index in [1.165, 1.54) is 0 Å². The molecule has 0 amide bonds. The summed E-state index contributed by atoms with van der Waals surface area (Å²) in [6.07, 6.45) is 2.62. The minimum Gasteiger partial charge on any atom is -0.465 e. The van der Waals surface area contributed by atoms with Crippen LogP contribution in [-0.4, -0.2) is 35.5 Å². The lowest BCUT2D eigenvalue weighted by atomic mass is 10.3. The molecule has 0 saturated heterocycles. The molecule has 0 aliphatic carbocycles. The highest BCUT2D eigenvalue weighted by atomic mass is 32.1. The third kappa shape index (κ3) is 4.68. The summed E-state index contributed by atoms with van der Waals surface area (Å²) in [5.74, 6) is 0.431. The molecule has 2 heterocycles. The van der Waals surface area contributed by atoms with E-state index in [4.69, 9.17) is 9.15 Å². The Morgan fingerprint density at radius 1 is 1.48 bits per heavy atom. The number of hydrogen-bond acceptors (Lipinski definition) is 6. The molecule has 21 heavy (non-hydrogen) atoms. The molecule has 0 saturated carbocycles. The molecule has 0 bridgehead atoms. The summed E-state index contributed by atoms with van der Waals surface area (Å²) in [4.78, 5) is 19.1. The molecule has 0 spiro atoms. The smallest absolute Gasteiger partial charge is 0.320 e. The molecule has 5 nitrogen and oxygen atoms in total. The molecule has 2 aromatic rings. The highest BCUT2D eigenvalue weighted by molar-refractivity contribution is 7.13. The molecule has 0 fully saturated rings. The Kier molecular flexibility index (Phi) is 5.95. The van der Waals surface area contributed by atoms with Crippen molar-refractivity contribution in [3.05, 3.63) is 29.5 Å². The molecular weight excluding hydrogens is 288 g/mol. The van der Waals surface area contributed by atoms with Crippen molar-refractivity contribution in [1.29, 1.82) is 0 Å². The van der Waals surface area contributed by atoms with E-state index in [-0.39, 0.29) is 12.5 Å². The second kappa shape index (κ2) is 7.95. The van der Waals surface area contributed by atoms with E-state index in [0.717, 1.165) is 23.5 Å². The molecule has 0 atom stereocenters. The maximum Gasteiger partial charge on any atom is 0.320 e. The Morgan fingerprint density at radius 2 is 2.33 bits per heavy atom. The summed E-state index contributed by atoms with van der Waals surface area (Å²) < 4.78 is 10.5. The molecule has 0 aliphatic rings. The van der Waals surface area contributed by atoms with Gasteiger partial charge in [-0.25, -0.2) is 4.98 Å². The van der Waals surface area contributed by atoms with Gasteiger partial charge in [-0.05, 0) is 31.3 Å². The average molecular weight is 308 g/mol. The average Bonchev–Trinajstić information content (AvgIpc) is 3.09. The van der Waals surface area contributed by atoms with Crippen molar-refractivity contribution in [2.75, 3.05) is 19.7 Å². The van der Waals surface area contributed by atoms with E-state index < -0.39 is 0 Å². The minimum atomic E-state index is -0.201. The predicted octanol–water partition coefficient (Wildman–Crippen LogP) is 3.18. The number of oxazole rings is 1. The summed E-state index contributed by atoms with van der Waals surface area (Å²) >= 11 is 1.59. The Bertz CT molecular complexity index is 551. The van der Waals surface area contributed by atoms with E-state index in [2.05, 4.69) is 11.9 Å². The normalized spacial score (nSPS) is 11.0. The summed E-state index contributed by atoms with van der Waals surface area (Å²) in [5, 5.41) is 1.99. The maximum atomic E-state index is 11.6. The Labute approximate surface area is 128 Å². The highest BCUT2D eigenvalue weighted by Crippen LogP contribution is 2.23. The quantitative estimate of drug-likeness (QED) is 0.701. The van der Waals surface area contributed by atoms with E-state index in [1.54, 1.807) is 17.6 Å². The van der Waals surface area contributed by atoms with Gasteiger partial charge < -0.3 is 9.15 Å². The van der Waals surface area contributed by atoms with Crippen LogP contribution in [0.4, 0.5) is 0 Å². The van der Waals surface area contributed by atoms with Gasteiger partial charge in [0, 0.05) is 6.54 Å². The lowest BCUT2D eigenvalue weighted by Crippen LogP contribution is -2.31. The van der Waals surface area contributed by atoms with Gasteiger partial charge in [-0.1, -0.05) is 13.0 Å². The molecule has 2 aromatic heterocycles. The van der Waals surface area contributed by atoms with Crippen LogP contribution in [0.15, 0.2) is 28.2 Å². The standard InChI is InChI=1S/C15H20N2O3S/c1-3-7-17(10-14(18)19-4-2)9-12-11-20-15(16-12)13-6-5-8-21-13/h5-6,8,11H,3-4,7,9-10H2,1-2H3. The zero-order valence-corrected chi connectivity index (χ0v) is 13.2. The van der Waals surface area contributed by atoms with Gasteiger partial charge in [0.15, 0.2) is 0 Å². The number of hydrogen-bond donors (Lipinski definition) is 0.